The summed E-state index contributed by atoms with van der Waals surface area (Å²) in [7, 11) is 0. The topological polar surface area (TPSA) is 72.8 Å². The van der Waals surface area contributed by atoms with Gasteiger partial charge in [0.25, 0.3) is 0 Å². The minimum absolute atomic E-state index is 0.0279. The van der Waals surface area contributed by atoms with E-state index in [1.165, 1.54) is 5.56 Å². The maximum atomic E-state index is 12.3. The fourth-order valence-corrected chi connectivity index (χ4v) is 4.22. The fraction of sp³-hybridized carbons (Fsp3) is 0.261. The molecular formula is C23H24N4O2S. The Labute approximate surface area is 179 Å². The second kappa shape index (κ2) is 9.17. The number of H-pyrrole nitrogens is 1. The number of fused-ring (bicyclic) bond motifs is 1. The van der Waals surface area contributed by atoms with Crippen molar-refractivity contribution in [2.75, 3.05) is 0 Å². The van der Waals surface area contributed by atoms with Gasteiger partial charge in [-0.2, -0.15) is 0 Å². The summed E-state index contributed by atoms with van der Waals surface area (Å²) in [4.78, 5) is 15.7. The van der Waals surface area contributed by atoms with Gasteiger partial charge in [-0.05, 0) is 43.2 Å². The maximum absolute atomic E-state index is 12.3. The number of para-hydroxylation sites is 1. The van der Waals surface area contributed by atoms with Crippen LogP contribution in [0.1, 0.15) is 30.9 Å². The number of benzene rings is 2. The Morgan fingerprint density at radius 2 is 1.87 bits per heavy atom. The van der Waals surface area contributed by atoms with Gasteiger partial charge in [-0.15, -0.1) is 10.2 Å². The Bertz CT molecular complexity index is 1200. The number of hydrogen-bond donors (Lipinski definition) is 1. The third-order valence-corrected chi connectivity index (χ3v) is 5.97. The van der Waals surface area contributed by atoms with Crippen LogP contribution in [-0.4, -0.2) is 19.7 Å². The molecule has 2 aromatic carbocycles. The highest BCUT2D eigenvalue weighted by molar-refractivity contribution is 7.98. The van der Waals surface area contributed by atoms with Crippen molar-refractivity contribution in [3.05, 3.63) is 81.9 Å². The van der Waals surface area contributed by atoms with E-state index in [2.05, 4.69) is 41.2 Å². The first-order valence-electron chi connectivity index (χ1n) is 10.1. The molecule has 6 nitrogen and oxygen atoms in total. The predicted octanol–water partition coefficient (Wildman–Crippen LogP) is 4.57. The zero-order valence-electron chi connectivity index (χ0n) is 17.1. The van der Waals surface area contributed by atoms with Crippen LogP contribution in [0.5, 0.6) is 5.75 Å². The zero-order valence-corrected chi connectivity index (χ0v) is 17.9. The lowest BCUT2D eigenvalue weighted by Crippen LogP contribution is -2.07. The quantitative estimate of drug-likeness (QED) is 0.423. The van der Waals surface area contributed by atoms with Crippen molar-refractivity contribution >= 4 is 22.7 Å². The van der Waals surface area contributed by atoms with Crippen molar-refractivity contribution in [2.45, 2.75) is 44.3 Å². The standard InChI is InChI=1S/C23H24N4O2S/c1-3-16-9-11-18(12-10-16)29-14-22-25-26-23(27(22)4-2)30-15-17-13-21(28)19-7-5-6-8-20(19)24-17/h5-13H,3-4,14-15H2,1-2H3,(H,24,28). The molecule has 2 heterocycles. The third kappa shape index (κ3) is 4.41. The number of pyridine rings is 1. The molecule has 0 fully saturated rings. The van der Waals surface area contributed by atoms with Crippen molar-refractivity contribution in [1.29, 1.82) is 0 Å². The average molecular weight is 421 g/mol. The highest BCUT2D eigenvalue weighted by Crippen LogP contribution is 2.22. The Morgan fingerprint density at radius 3 is 2.63 bits per heavy atom. The lowest BCUT2D eigenvalue weighted by Gasteiger charge is -2.09. The van der Waals surface area contributed by atoms with Gasteiger partial charge in [0.2, 0.25) is 0 Å². The van der Waals surface area contributed by atoms with Crippen LogP contribution in [0.2, 0.25) is 0 Å². The van der Waals surface area contributed by atoms with E-state index < -0.39 is 0 Å². The molecule has 4 rings (SSSR count). The zero-order chi connectivity index (χ0) is 20.9. The summed E-state index contributed by atoms with van der Waals surface area (Å²) in [6.45, 7) is 5.30. The number of thioether (sulfide) groups is 1. The van der Waals surface area contributed by atoms with Gasteiger partial charge in [0.05, 0.1) is 0 Å². The summed E-state index contributed by atoms with van der Waals surface area (Å²) in [6.07, 6.45) is 1.01. The van der Waals surface area contributed by atoms with Gasteiger partial charge in [0.1, 0.15) is 12.4 Å². The number of aromatic amines is 1. The molecule has 0 saturated heterocycles. The molecule has 2 aromatic heterocycles. The van der Waals surface area contributed by atoms with E-state index in [-0.39, 0.29) is 5.43 Å². The highest BCUT2D eigenvalue weighted by atomic mass is 32.2. The molecule has 0 bridgehead atoms. The molecule has 7 heteroatoms. The largest absolute Gasteiger partial charge is 0.486 e. The number of nitrogens with zero attached hydrogens (tertiary/aromatic N) is 3. The fourth-order valence-electron chi connectivity index (χ4n) is 3.29. The summed E-state index contributed by atoms with van der Waals surface area (Å²) in [6, 6.07) is 17.3. The van der Waals surface area contributed by atoms with Crippen molar-refractivity contribution in [3.63, 3.8) is 0 Å². The molecule has 1 N–H and O–H groups in total. The first-order valence-corrected chi connectivity index (χ1v) is 11.0. The van der Waals surface area contributed by atoms with Crippen LogP contribution in [0.25, 0.3) is 10.9 Å². The highest BCUT2D eigenvalue weighted by Gasteiger charge is 2.13. The second-order valence-corrected chi connectivity index (χ2v) is 7.86. The lowest BCUT2D eigenvalue weighted by molar-refractivity contribution is 0.288. The van der Waals surface area contributed by atoms with Crippen LogP contribution in [-0.2, 0) is 25.3 Å². The number of aryl methyl sites for hydroxylation is 1. The van der Waals surface area contributed by atoms with E-state index in [9.17, 15) is 4.79 Å². The Morgan fingerprint density at radius 1 is 1.07 bits per heavy atom. The van der Waals surface area contributed by atoms with E-state index >= 15 is 0 Å². The van der Waals surface area contributed by atoms with Crippen molar-refractivity contribution in [1.82, 2.24) is 19.7 Å². The number of rotatable bonds is 8. The summed E-state index contributed by atoms with van der Waals surface area (Å²) < 4.78 is 7.94. The summed E-state index contributed by atoms with van der Waals surface area (Å²) in [5.74, 6) is 2.21. The van der Waals surface area contributed by atoms with E-state index in [4.69, 9.17) is 4.74 Å². The molecule has 0 aliphatic carbocycles. The van der Waals surface area contributed by atoms with Gasteiger partial charge in [0.15, 0.2) is 16.4 Å². The van der Waals surface area contributed by atoms with E-state index in [0.29, 0.717) is 17.7 Å². The third-order valence-electron chi connectivity index (χ3n) is 4.96. The monoisotopic (exact) mass is 420 g/mol. The maximum Gasteiger partial charge on any atom is 0.191 e. The molecule has 0 amide bonds. The van der Waals surface area contributed by atoms with E-state index in [1.807, 2.05) is 41.0 Å². The molecule has 0 saturated carbocycles. The van der Waals surface area contributed by atoms with E-state index in [1.54, 1.807) is 17.8 Å². The number of ether oxygens (including phenoxy) is 1. The van der Waals surface area contributed by atoms with Gasteiger partial charge < -0.3 is 14.3 Å². The van der Waals surface area contributed by atoms with Gasteiger partial charge in [0, 0.05) is 35.0 Å². The van der Waals surface area contributed by atoms with Crippen LogP contribution in [0, 0.1) is 0 Å². The molecule has 0 aliphatic heterocycles. The normalized spacial score (nSPS) is 11.1. The summed E-state index contributed by atoms with van der Waals surface area (Å²) in [5.41, 5.74) is 3.02. The number of hydrogen-bond acceptors (Lipinski definition) is 5. The molecule has 154 valence electrons. The molecular weight excluding hydrogens is 396 g/mol. The average Bonchev–Trinajstić information content (AvgIpc) is 3.18. The summed E-state index contributed by atoms with van der Waals surface area (Å²) in [5, 5.41) is 10.2. The molecule has 0 unspecified atom stereocenters. The van der Waals surface area contributed by atoms with Gasteiger partial charge in [-0.1, -0.05) is 43.0 Å². The van der Waals surface area contributed by atoms with Crippen molar-refractivity contribution in [3.8, 4) is 5.75 Å². The van der Waals surface area contributed by atoms with Crippen molar-refractivity contribution < 1.29 is 4.74 Å². The number of nitrogens with one attached hydrogen (secondary N) is 1. The molecule has 4 aromatic rings. The Hall–Kier alpha value is -3.06. The first kappa shape index (κ1) is 20.2. The SMILES string of the molecule is CCc1ccc(OCc2nnc(SCc3cc(=O)c4ccccc4[nH]3)n2CC)cc1. The van der Waals surface area contributed by atoms with Gasteiger partial charge in [-0.3, -0.25) is 4.79 Å². The molecule has 0 radical (unpaired) electrons. The summed E-state index contributed by atoms with van der Waals surface area (Å²) >= 11 is 1.55. The second-order valence-electron chi connectivity index (χ2n) is 6.92. The van der Waals surface area contributed by atoms with Crippen LogP contribution < -0.4 is 10.2 Å². The van der Waals surface area contributed by atoms with Crippen LogP contribution >= 0.6 is 11.8 Å². The minimum atomic E-state index is 0.0279. The van der Waals surface area contributed by atoms with Crippen LogP contribution in [0.4, 0.5) is 0 Å². The smallest absolute Gasteiger partial charge is 0.191 e. The number of aromatic nitrogens is 4. The van der Waals surface area contributed by atoms with E-state index in [0.717, 1.165) is 40.9 Å². The van der Waals surface area contributed by atoms with Crippen LogP contribution in [0.15, 0.2) is 64.5 Å². The minimum Gasteiger partial charge on any atom is -0.486 e. The lowest BCUT2D eigenvalue weighted by atomic mass is 10.2. The predicted molar refractivity (Wildman–Crippen MR) is 120 cm³/mol. The Kier molecular flexibility index (Phi) is 6.18. The van der Waals surface area contributed by atoms with Crippen LogP contribution in [0.3, 0.4) is 0 Å². The Balaban J connectivity index is 1.45. The molecule has 30 heavy (non-hydrogen) atoms. The van der Waals surface area contributed by atoms with Gasteiger partial charge >= 0.3 is 0 Å². The first-order chi connectivity index (χ1) is 14.7. The van der Waals surface area contributed by atoms with Crippen molar-refractivity contribution in [2.24, 2.45) is 0 Å². The van der Waals surface area contributed by atoms with Gasteiger partial charge in [-0.25, -0.2) is 0 Å². The molecule has 0 aliphatic rings. The molecule has 0 atom stereocenters. The molecule has 0 spiro atoms.